The van der Waals surface area contributed by atoms with Gasteiger partial charge in [-0.25, -0.2) is 0 Å². The fourth-order valence-corrected chi connectivity index (χ4v) is 4.96. The summed E-state index contributed by atoms with van der Waals surface area (Å²) in [5.74, 6) is -1.96. The monoisotopic (exact) mass is 474 g/mol. The topological polar surface area (TPSA) is 122 Å². The number of carbonyl (C=O) groups excluding carboxylic acids is 4. The Morgan fingerprint density at radius 3 is 2.35 bits per heavy atom. The van der Waals surface area contributed by atoms with Crippen molar-refractivity contribution in [3.8, 4) is 0 Å². The van der Waals surface area contributed by atoms with Crippen molar-refractivity contribution < 1.29 is 19.2 Å². The maximum atomic E-state index is 13.6. The molecule has 0 radical (unpaired) electrons. The van der Waals surface area contributed by atoms with Crippen LogP contribution in [0.1, 0.15) is 67.2 Å². The van der Waals surface area contributed by atoms with Crippen molar-refractivity contribution in [2.75, 3.05) is 13.1 Å². The quantitative estimate of drug-likeness (QED) is 0.313. The molecule has 1 saturated carbocycles. The standard InChI is InChI=1S/C26H42N4O4/c1-8-10-19(21(31)23(33)28-13-9-2)29-22(32)20-14-18(12-11-16(3)4)15-30(20)24(34)26(27)17(5)25(26,6)7/h9,11,17-20H,2,8,10,12-15,27H2,1,3-7H3,(H,28,33)(H,29,32)/t17-,18?,19?,20+,26-/m1/s1. The zero-order valence-electron chi connectivity index (χ0n) is 21.6. The van der Waals surface area contributed by atoms with E-state index in [9.17, 15) is 19.2 Å². The van der Waals surface area contributed by atoms with Crippen LogP contribution in [0.15, 0.2) is 24.3 Å². The summed E-state index contributed by atoms with van der Waals surface area (Å²) in [5, 5.41) is 5.24. The third kappa shape index (κ3) is 5.43. The lowest BCUT2D eigenvalue weighted by atomic mass is 9.99. The van der Waals surface area contributed by atoms with Crippen LogP contribution in [0.3, 0.4) is 0 Å². The van der Waals surface area contributed by atoms with Crippen molar-refractivity contribution in [2.45, 2.75) is 84.8 Å². The fourth-order valence-electron chi connectivity index (χ4n) is 4.96. The number of ketones is 1. The summed E-state index contributed by atoms with van der Waals surface area (Å²) in [6.45, 7) is 15.9. The van der Waals surface area contributed by atoms with Crippen LogP contribution in [0.2, 0.25) is 0 Å². The maximum Gasteiger partial charge on any atom is 0.289 e. The summed E-state index contributed by atoms with van der Waals surface area (Å²) in [6, 6.07) is -1.67. The lowest BCUT2D eigenvalue weighted by Crippen LogP contribution is -2.57. The van der Waals surface area contributed by atoms with Crippen LogP contribution in [0.4, 0.5) is 0 Å². The lowest BCUT2D eigenvalue weighted by molar-refractivity contribution is -0.143. The smallest absolute Gasteiger partial charge is 0.289 e. The van der Waals surface area contributed by atoms with Crippen LogP contribution in [-0.2, 0) is 19.2 Å². The van der Waals surface area contributed by atoms with Gasteiger partial charge in [0, 0.05) is 13.1 Å². The first kappa shape index (κ1) is 27.8. The molecule has 2 unspecified atom stereocenters. The summed E-state index contributed by atoms with van der Waals surface area (Å²) in [5.41, 5.74) is 6.36. The minimum atomic E-state index is -1.01. The Morgan fingerprint density at radius 2 is 1.85 bits per heavy atom. The van der Waals surface area contributed by atoms with Crippen molar-refractivity contribution in [3.63, 3.8) is 0 Å². The number of rotatable bonds is 11. The molecule has 2 fully saturated rings. The van der Waals surface area contributed by atoms with E-state index in [0.29, 0.717) is 25.8 Å². The van der Waals surface area contributed by atoms with Gasteiger partial charge in [0.15, 0.2) is 0 Å². The first-order valence-corrected chi connectivity index (χ1v) is 12.3. The predicted molar refractivity (Wildman–Crippen MR) is 133 cm³/mol. The van der Waals surface area contributed by atoms with E-state index < -0.39 is 35.2 Å². The Kier molecular flexibility index (Phi) is 8.86. The van der Waals surface area contributed by atoms with Gasteiger partial charge >= 0.3 is 0 Å². The Balaban J connectivity index is 2.24. The molecule has 8 heteroatoms. The molecule has 1 aliphatic carbocycles. The largest absolute Gasteiger partial charge is 0.346 e. The molecule has 0 aromatic carbocycles. The van der Waals surface area contributed by atoms with Crippen LogP contribution < -0.4 is 16.4 Å². The van der Waals surface area contributed by atoms with Crippen LogP contribution >= 0.6 is 0 Å². The highest BCUT2D eigenvalue weighted by atomic mass is 16.2. The van der Waals surface area contributed by atoms with Gasteiger partial charge in [-0.15, -0.1) is 6.58 Å². The van der Waals surface area contributed by atoms with Crippen molar-refractivity contribution in [3.05, 3.63) is 24.3 Å². The second-order valence-electron chi connectivity index (χ2n) is 10.6. The molecule has 1 saturated heterocycles. The minimum Gasteiger partial charge on any atom is -0.346 e. The number of Topliss-reactive ketones (excluding diaryl/α,β-unsaturated/α-hetero) is 1. The van der Waals surface area contributed by atoms with Gasteiger partial charge in [0.25, 0.3) is 5.91 Å². The van der Waals surface area contributed by atoms with Crippen LogP contribution in [0.5, 0.6) is 0 Å². The van der Waals surface area contributed by atoms with E-state index in [1.165, 1.54) is 11.6 Å². The molecule has 0 aromatic heterocycles. The third-order valence-electron chi connectivity index (χ3n) is 7.75. The minimum absolute atomic E-state index is 0.00369. The summed E-state index contributed by atoms with van der Waals surface area (Å²) in [7, 11) is 0. The second kappa shape index (κ2) is 10.8. The van der Waals surface area contributed by atoms with E-state index >= 15 is 0 Å². The number of hydrogen-bond acceptors (Lipinski definition) is 5. The molecule has 0 spiro atoms. The summed E-state index contributed by atoms with van der Waals surface area (Å²) < 4.78 is 0. The van der Waals surface area contributed by atoms with Gasteiger partial charge in [0.05, 0.1) is 6.04 Å². The highest BCUT2D eigenvalue weighted by Crippen LogP contribution is 2.60. The van der Waals surface area contributed by atoms with E-state index in [1.54, 1.807) is 4.90 Å². The number of hydrogen-bond donors (Lipinski definition) is 3. The first-order chi connectivity index (χ1) is 15.8. The molecule has 1 aliphatic heterocycles. The average Bonchev–Trinajstić information content (AvgIpc) is 3.10. The fraction of sp³-hybridized carbons (Fsp3) is 0.692. The Bertz CT molecular complexity index is 861. The Hall–Kier alpha value is -2.48. The van der Waals surface area contributed by atoms with Gasteiger partial charge in [0.2, 0.25) is 17.6 Å². The van der Waals surface area contributed by atoms with Gasteiger partial charge in [0.1, 0.15) is 11.6 Å². The number of nitrogens with one attached hydrogen (secondary N) is 2. The van der Waals surface area contributed by atoms with Crippen LogP contribution in [0, 0.1) is 17.3 Å². The van der Waals surface area contributed by atoms with Gasteiger partial charge in [-0.05, 0) is 50.4 Å². The SMILES string of the molecule is C=CCNC(=O)C(=O)C(CCC)NC(=O)[C@@H]1CC(CC=C(C)C)CN1C(=O)[C@]1(N)[C@H](C)C1(C)C. The summed E-state index contributed by atoms with van der Waals surface area (Å²) in [4.78, 5) is 53.5. The zero-order valence-corrected chi connectivity index (χ0v) is 21.6. The zero-order chi connectivity index (χ0) is 25.8. The number of nitrogens with two attached hydrogens (primary N) is 1. The van der Waals surface area contributed by atoms with E-state index in [-0.39, 0.29) is 29.7 Å². The van der Waals surface area contributed by atoms with E-state index in [1.807, 2.05) is 41.5 Å². The maximum absolute atomic E-state index is 13.6. The molecule has 2 aliphatic rings. The number of amides is 3. The number of likely N-dealkylation sites (tertiary alicyclic amines) is 1. The molecule has 4 N–H and O–H groups in total. The summed E-state index contributed by atoms with van der Waals surface area (Å²) >= 11 is 0. The van der Waals surface area contributed by atoms with E-state index in [0.717, 1.165) is 6.42 Å². The van der Waals surface area contributed by atoms with E-state index in [4.69, 9.17) is 5.73 Å². The highest BCUT2D eigenvalue weighted by molar-refractivity contribution is 6.38. The molecule has 34 heavy (non-hydrogen) atoms. The van der Waals surface area contributed by atoms with Crippen molar-refractivity contribution in [2.24, 2.45) is 23.0 Å². The normalized spacial score (nSPS) is 28.0. The lowest BCUT2D eigenvalue weighted by Gasteiger charge is -2.29. The molecular weight excluding hydrogens is 432 g/mol. The molecule has 5 atom stereocenters. The third-order valence-corrected chi connectivity index (χ3v) is 7.75. The van der Waals surface area contributed by atoms with Crippen molar-refractivity contribution in [1.29, 1.82) is 0 Å². The molecule has 3 amide bonds. The molecule has 190 valence electrons. The van der Waals surface area contributed by atoms with Gasteiger partial charge < -0.3 is 21.3 Å². The molecule has 1 heterocycles. The molecular formula is C26H42N4O4. The van der Waals surface area contributed by atoms with Gasteiger partial charge in [-0.3, -0.25) is 19.2 Å². The Morgan fingerprint density at radius 1 is 1.24 bits per heavy atom. The van der Waals surface area contributed by atoms with Crippen LogP contribution in [-0.4, -0.2) is 59.1 Å². The Labute approximate surface area is 203 Å². The molecule has 0 aromatic rings. The van der Waals surface area contributed by atoms with E-state index in [2.05, 4.69) is 23.3 Å². The molecule has 0 bridgehead atoms. The van der Waals surface area contributed by atoms with Gasteiger partial charge in [-0.1, -0.05) is 51.8 Å². The average molecular weight is 475 g/mol. The molecule has 2 rings (SSSR count). The van der Waals surface area contributed by atoms with Crippen molar-refractivity contribution in [1.82, 2.24) is 15.5 Å². The van der Waals surface area contributed by atoms with Crippen LogP contribution in [0.25, 0.3) is 0 Å². The highest BCUT2D eigenvalue weighted by Gasteiger charge is 2.72. The summed E-state index contributed by atoms with van der Waals surface area (Å²) in [6.07, 6.45) is 5.78. The second-order valence-corrected chi connectivity index (χ2v) is 10.6. The molecule has 8 nitrogen and oxygen atoms in total. The van der Waals surface area contributed by atoms with Gasteiger partial charge in [-0.2, -0.15) is 0 Å². The first-order valence-electron chi connectivity index (χ1n) is 12.3. The predicted octanol–water partition coefficient (Wildman–Crippen LogP) is 2.09. The van der Waals surface area contributed by atoms with Crippen molar-refractivity contribution >= 4 is 23.5 Å². The number of carbonyl (C=O) groups is 4. The number of nitrogens with zero attached hydrogens (tertiary/aromatic N) is 1. The number of allylic oxidation sites excluding steroid dienone is 2.